The molecule has 3 rings (SSSR count). The minimum atomic E-state index is -0.478. The van der Waals surface area contributed by atoms with Crippen LogP contribution in [-0.4, -0.2) is 23.9 Å². The molecule has 0 atom stereocenters. The summed E-state index contributed by atoms with van der Waals surface area (Å²) in [6, 6.07) is 15.5. The number of rotatable bonds is 4. The number of hydrogen-bond donors (Lipinski definition) is 0. The van der Waals surface area contributed by atoms with Crippen LogP contribution in [0.1, 0.15) is 27.3 Å². The van der Waals surface area contributed by atoms with E-state index in [2.05, 4.69) is 76.3 Å². The van der Waals surface area contributed by atoms with Crippen molar-refractivity contribution in [2.24, 2.45) is 4.99 Å². The van der Waals surface area contributed by atoms with Crippen LogP contribution >= 0.6 is 34.2 Å². The SMILES string of the molecule is COC(=O)c1cc(N=Cc2cc(C)n(-c3ccc(I)cc3)c2C)ccc1Cl. The maximum atomic E-state index is 11.8. The molecule has 0 amide bonds. The summed E-state index contributed by atoms with van der Waals surface area (Å²) in [5, 5.41) is 0.345. The number of aromatic nitrogens is 1. The van der Waals surface area contributed by atoms with Gasteiger partial charge in [-0.1, -0.05) is 11.6 Å². The van der Waals surface area contributed by atoms with Gasteiger partial charge in [-0.15, -0.1) is 0 Å². The first-order valence-corrected chi connectivity index (χ1v) is 9.73. The van der Waals surface area contributed by atoms with E-state index in [0.717, 1.165) is 22.6 Å². The van der Waals surface area contributed by atoms with Crippen LogP contribution in [0.3, 0.4) is 0 Å². The number of carbonyl (C=O) groups is 1. The van der Waals surface area contributed by atoms with Gasteiger partial charge in [0.05, 0.1) is 23.4 Å². The standard InChI is InChI=1S/C21H18ClIN2O2/c1-13-10-15(14(2)25(13)18-7-4-16(23)5-8-18)12-24-17-6-9-20(22)19(11-17)21(26)27-3/h4-12H,1-3H3. The van der Waals surface area contributed by atoms with E-state index in [9.17, 15) is 4.79 Å². The third-order valence-corrected chi connectivity index (χ3v) is 5.31. The number of esters is 1. The van der Waals surface area contributed by atoms with Gasteiger partial charge in [0.15, 0.2) is 0 Å². The summed E-state index contributed by atoms with van der Waals surface area (Å²) in [7, 11) is 1.33. The molecule has 27 heavy (non-hydrogen) atoms. The first-order valence-electron chi connectivity index (χ1n) is 8.27. The minimum absolute atomic E-state index is 0.304. The third-order valence-electron chi connectivity index (χ3n) is 4.26. The molecule has 6 heteroatoms. The maximum Gasteiger partial charge on any atom is 0.339 e. The van der Waals surface area contributed by atoms with Gasteiger partial charge < -0.3 is 9.30 Å². The van der Waals surface area contributed by atoms with E-state index in [0.29, 0.717) is 16.3 Å². The quantitative estimate of drug-likeness (QED) is 0.259. The van der Waals surface area contributed by atoms with E-state index >= 15 is 0 Å². The Labute approximate surface area is 177 Å². The number of aryl methyl sites for hydroxylation is 1. The number of methoxy groups -OCH3 is 1. The Morgan fingerprint density at radius 2 is 1.85 bits per heavy atom. The predicted molar refractivity (Wildman–Crippen MR) is 118 cm³/mol. The fourth-order valence-electron chi connectivity index (χ4n) is 2.91. The lowest BCUT2D eigenvalue weighted by molar-refractivity contribution is 0.0601. The summed E-state index contributed by atoms with van der Waals surface area (Å²) >= 11 is 8.36. The Balaban J connectivity index is 1.94. The number of nitrogens with zero attached hydrogens (tertiary/aromatic N) is 2. The van der Waals surface area contributed by atoms with Gasteiger partial charge in [-0.2, -0.15) is 0 Å². The van der Waals surface area contributed by atoms with Crippen LogP contribution in [0.5, 0.6) is 0 Å². The summed E-state index contributed by atoms with van der Waals surface area (Å²) in [6.07, 6.45) is 1.80. The predicted octanol–water partition coefficient (Wildman–Crippen LogP) is 5.89. The second-order valence-electron chi connectivity index (χ2n) is 6.05. The summed E-state index contributed by atoms with van der Waals surface area (Å²) < 4.78 is 8.14. The van der Waals surface area contributed by atoms with E-state index in [-0.39, 0.29) is 0 Å². The van der Waals surface area contributed by atoms with E-state index in [1.54, 1.807) is 24.4 Å². The lowest BCUT2D eigenvalue weighted by Crippen LogP contribution is -2.01. The van der Waals surface area contributed by atoms with Gasteiger partial charge in [-0.25, -0.2) is 4.79 Å². The first kappa shape index (κ1) is 19.6. The third kappa shape index (κ3) is 4.25. The molecular formula is C21H18ClIN2O2. The van der Waals surface area contributed by atoms with E-state index in [1.165, 1.54) is 10.7 Å². The lowest BCUT2D eigenvalue weighted by Gasteiger charge is -2.09. The molecule has 0 bridgehead atoms. The van der Waals surface area contributed by atoms with Crippen molar-refractivity contribution in [3.8, 4) is 5.69 Å². The molecule has 138 valence electrons. The molecule has 0 spiro atoms. The number of benzene rings is 2. The van der Waals surface area contributed by atoms with Crippen LogP contribution in [-0.2, 0) is 4.74 Å². The Bertz CT molecular complexity index is 1020. The fraction of sp³-hybridized carbons (Fsp3) is 0.143. The Kier molecular flexibility index (Phi) is 6.01. The van der Waals surface area contributed by atoms with Crippen molar-refractivity contribution in [3.63, 3.8) is 0 Å². The van der Waals surface area contributed by atoms with Crippen LogP contribution < -0.4 is 0 Å². The smallest absolute Gasteiger partial charge is 0.339 e. The van der Waals surface area contributed by atoms with Crippen molar-refractivity contribution in [1.29, 1.82) is 0 Å². The van der Waals surface area contributed by atoms with Gasteiger partial charge in [0.1, 0.15) is 0 Å². The van der Waals surface area contributed by atoms with Crippen LogP contribution in [0.4, 0.5) is 5.69 Å². The highest BCUT2D eigenvalue weighted by atomic mass is 127. The van der Waals surface area contributed by atoms with E-state index in [4.69, 9.17) is 16.3 Å². The summed E-state index contributed by atoms with van der Waals surface area (Å²) in [5.74, 6) is -0.478. The Morgan fingerprint density at radius 1 is 1.15 bits per heavy atom. The van der Waals surface area contributed by atoms with Crippen LogP contribution in [0, 0.1) is 17.4 Å². The second-order valence-corrected chi connectivity index (χ2v) is 7.71. The van der Waals surface area contributed by atoms with Gasteiger partial charge in [0.2, 0.25) is 0 Å². The zero-order valence-electron chi connectivity index (χ0n) is 15.2. The van der Waals surface area contributed by atoms with Crippen molar-refractivity contribution in [2.45, 2.75) is 13.8 Å². The van der Waals surface area contributed by atoms with E-state index < -0.39 is 5.97 Å². The average Bonchev–Trinajstić information content (AvgIpc) is 2.95. The molecule has 1 aromatic heterocycles. The maximum absolute atomic E-state index is 11.8. The van der Waals surface area contributed by atoms with Crippen LogP contribution in [0.15, 0.2) is 53.5 Å². The molecule has 0 saturated carbocycles. The summed E-state index contributed by atoms with van der Waals surface area (Å²) in [6.45, 7) is 4.13. The molecular weight excluding hydrogens is 475 g/mol. The number of hydrogen-bond acceptors (Lipinski definition) is 3. The molecule has 3 aromatic rings. The lowest BCUT2D eigenvalue weighted by atomic mass is 10.2. The molecule has 0 saturated heterocycles. The minimum Gasteiger partial charge on any atom is -0.465 e. The van der Waals surface area contributed by atoms with Gasteiger partial charge in [-0.05, 0) is 85.0 Å². The summed E-state index contributed by atoms with van der Waals surface area (Å²) in [5.41, 5.74) is 5.29. The van der Waals surface area contributed by atoms with Crippen molar-refractivity contribution in [2.75, 3.05) is 7.11 Å². The molecule has 0 radical (unpaired) electrons. The number of ether oxygens (including phenoxy) is 1. The first-order chi connectivity index (χ1) is 12.9. The monoisotopic (exact) mass is 492 g/mol. The highest BCUT2D eigenvalue weighted by Crippen LogP contribution is 2.24. The highest BCUT2D eigenvalue weighted by Gasteiger charge is 2.12. The molecule has 0 aliphatic rings. The fourth-order valence-corrected chi connectivity index (χ4v) is 3.46. The van der Waals surface area contributed by atoms with Gasteiger partial charge >= 0.3 is 5.97 Å². The highest BCUT2D eigenvalue weighted by molar-refractivity contribution is 14.1. The molecule has 0 N–H and O–H groups in total. The van der Waals surface area contributed by atoms with Crippen molar-refractivity contribution < 1.29 is 9.53 Å². The molecule has 0 unspecified atom stereocenters. The second kappa shape index (κ2) is 8.27. The van der Waals surface area contributed by atoms with Gasteiger partial charge in [0, 0.05) is 32.4 Å². The topological polar surface area (TPSA) is 43.6 Å². The van der Waals surface area contributed by atoms with E-state index in [1.807, 2.05) is 0 Å². The normalized spacial score (nSPS) is 11.1. The van der Waals surface area contributed by atoms with Crippen molar-refractivity contribution in [1.82, 2.24) is 4.57 Å². The number of aliphatic imine (C=N–C) groups is 1. The van der Waals surface area contributed by atoms with Crippen LogP contribution in [0.2, 0.25) is 5.02 Å². The van der Waals surface area contributed by atoms with Crippen LogP contribution in [0.25, 0.3) is 5.69 Å². The van der Waals surface area contributed by atoms with Gasteiger partial charge in [-0.3, -0.25) is 4.99 Å². The van der Waals surface area contributed by atoms with Crippen molar-refractivity contribution >= 4 is 52.1 Å². The number of halogens is 2. The summed E-state index contributed by atoms with van der Waals surface area (Å²) in [4.78, 5) is 16.3. The van der Waals surface area contributed by atoms with Crippen molar-refractivity contribution in [3.05, 3.63) is 79.6 Å². The number of carbonyl (C=O) groups excluding carboxylic acids is 1. The zero-order chi connectivity index (χ0) is 19.6. The molecule has 4 nitrogen and oxygen atoms in total. The Morgan fingerprint density at radius 3 is 2.52 bits per heavy atom. The Hall–Kier alpha value is -2.12. The average molecular weight is 493 g/mol. The molecule has 2 aromatic carbocycles. The molecule has 0 fully saturated rings. The molecule has 0 aliphatic carbocycles. The largest absolute Gasteiger partial charge is 0.465 e. The van der Waals surface area contributed by atoms with Gasteiger partial charge in [0.25, 0.3) is 0 Å². The molecule has 1 heterocycles. The molecule has 0 aliphatic heterocycles. The zero-order valence-corrected chi connectivity index (χ0v) is 18.1.